The Bertz CT molecular complexity index is 323. The van der Waals surface area contributed by atoms with Gasteiger partial charge in [-0.25, -0.2) is 0 Å². The number of nitrogens with two attached hydrogens (primary N) is 1. The van der Waals surface area contributed by atoms with Gasteiger partial charge in [-0.15, -0.1) is 0 Å². The van der Waals surface area contributed by atoms with Gasteiger partial charge in [0.2, 0.25) is 0 Å². The molecule has 1 aliphatic rings. The Morgan fingerprint density at radius 2 is 2.12 bits per heavy atom. The molecule has 0 heterocycles. The maximum Gasteiger partial charge on any atom is 0.0143 e. The monoisotopic (exact) mass is 232 g/mol. The van der Waals surface area contributed by atoms with E-state index in [9.17, 15) is 0 Å². The van der Waals surface area contributed by atoms with Crippen LogP contribution in [0.25, 0.3) is 0 Å². The van der Waals surface area contributed by atoms with Crippen molar-refractivity contribution in [3.63, 3.8) is 0 Å². The molecule has 3 unspecified atom stereocenters. The summed E-state index contributed by atoms with van der Waals surface area (Å²) in [5.74, 6) is 1.49. The van der Waals surface area contributed by atoms with E-state index in [2.05, 4.69) is 42.6 Å². The first-order valence-corrected chi connectivity index (χ1v) is 6.79. The second-order valence-corrected chi connectivity index (χ2v) is 5.30. The van der Waals surface area contributed by atoms with Gasteiger partial charge in [0.25, 0.3) is 0 Å². The van der Waals surface area contributed by atoms with Crippen molar-refractivity contribution in [3.8, 4) is 0 Å². The molecule has 3 atom stereocenters. The van der Waals surface area contributed by atoms with Crippen LogP contribution in [0.5, 0.6) is 0 Å². The van der Waals surface area contributed by atoms with E-state index in [0.29, 0.717) is 6.04 Å². The summed E-state index contributed by atoms with van der Waals surface area (Å²) in [5.41, 5.74) is 7.01. The van der Waals surface area contributed by atoms with E-state index in [1.807, 2.05) is 0 Å². The van der Waals surface area contributed by atoms with Crippen LogP contribution < -0.4 is 11.1 Å². The quantitative estimate of drug-likeness (QED) is 0.758. The first-order chi connectivity index (χ1) is 8.31. The molecule has 1 aromatic carbocycles. The van der Waals surface area contributed by atoms with Crippen LogP contribution in [0, 0.1) is 5.92 Å². The molecular weight excluding hydrogens is 208 g/mol. The Balaban J connectivity index is 1.67. The highest BCUT2D eigenvalue weighted by atomic mass is 15.0. The van der Waals surface area contributed by atoms with Crippen LogP contribution in [0.3, 0.4) is 0 Å². The van der Waals surface area contributed by atoms with Crippen molar-refractivity contribution < 1.29 is 0 Å². The summed E-state index contributed by atoms with van der Waals surface area (Å²) in [6.45, 7) is 4.26. The average Bonchev–Trinajstić information content (AvgIpc) is 3.14. The Hall–Kier alpha value is -0.860. The van der Waals surface area contributed by atoms with Gasteiger partial charge in [-0.05, 0) is 43.8 Å². The molecule has 17 heavy (non-hydrogen) atoms. The molecule has 1 aromatic rings. The lowest BCUT2D eigenvalue weighted by Gasteiger charge is -2.11. The highest BCUT2D eigenvalue weighted by Crippen LogP contribution is 2.40. The largest absolute Gasteiger partial charge is 0.330 e. The van der Waals surface area contributed by atoms with Crippen LogP contribution >= 0.6 is 0 Å². The van der Waals surface area contributed by atoms with E-state index >= 15 is 0 Å². The van der Waals surface area contributed by atoms with Gasteiger partial charge in [0.05, 0.1) is 0 Å². The van der Waals surface area contributed by atoms with Gasteiger partial charge in [0, 0.05) is 12.0 Å². The summed E-state index contributed by atoms with van der Waals surface area (Å²) in [5, 5.41) is 3.67. The molecule has 0 aromatic heterocycles. The summed E-state index contributed by atoms with van der Waals surface area (Å²) >= 11 is 0. The molecule has 2 rings (SSSR count). The molecule has 94 valence electrons. The molecule has 0 radical (unpaired) electrons. The van der Waals surface area contributed by atoms with Gasteiger partial charge < -0.3 is 11.1 Å². The number of hydrogen-bond donors (Lipinski definition) is 2. The second-order valence-electron chi connectivity index (χ2n) is 5.30. The van der Waals surface area contributed by atoms with Gasteiger partial charge >= 0.3 is 0 Å². The minimum absolute atomic E-state index is 0.706. The van der Waals surface area contributed by atoms with E-state index in [1.54, 1.807) is 0 Å². The minimum Gasteiger partial charge on any atom is -0.330 e. The lowest BCUT2D eigenvalue weighted by atomic mass is 10.1. The van der Waals surface area contributed by atoms with E-state index in [4.69, 9.17) is 5.73 Å². The molecule has 0 amide bonds. The number of rotatable bonds is 7. The zero-order valence-corrected chi connectivity index (χ0v) is 10.7. The Kier molecular flexibility index (Phi) is 4.57. The normalized spacial score (nSPS) is 24.6. The Labute approximate surface area is 105 Å². The van der Waals surface area contributed by atoms with E-state index in [-0.39, 0.29) is 0 Å². The van der Waals surface area contributed by atoms with Crippen LogP contribution in [0.15, 0.2) is 30.3 Å². The summed E-state index contributed by atoms with van der Waals surface area (Å²) < 4.78 is 0. The highest BCUT2D eigenvalue weighted by molar-refractivity contribution is 5.27. The van der Waals surface area contributed by atoms with Crippen molar-refractivity contribution in [2.75, 3.05) is 13.1 Å². The fourth-order valence-corrected chi connectivity index (χ4v) is 2.41. The molecule has 2 heteroatoms. The first-order valence-electron chi connectivity index (χ1n) is 6.79. The highest BCUT2D eigenvalue weighted by Gasteiger charge is 2.37. The second kappa shape index (κ2) is 6.18. The van der Waals surface area contributed by atoms with Crippen molar-refractivity contribution in [1.82, 2.24) is 5.32 Å². The molecule has 1 fully saturated rings. The Morgan fingerprint density at radius 3 is 2.82 bits per heavy atom. The van der Waals surface area contributed by atoms with Crippen LogP contribution in [-0.4, -0.2) is 19.1 Å². The summed E-state index contributed by atoms with van der Waals surface area (Å²) in [7, 11) is 0. The van der Waals surface area contributed by atoms with Crippen LogP contribution in [-0.2, 0) is 0 Å². The van der Waals surface area contributed by atoms with Crippen molar-refractivity contribution in [2.24, 2.45) is 11.7 Å². The smallest absolute Gasteiger partial charge is 0.0143 e. The van der Waals surface area contributed by atoms with E-state index < -0.39 is 0 Å². The number of benzene rings is 1. The van der Waals surface area contributed by atoms with Gasteiger partial charge in [0.15, 0.2) is 0 Å². The topological polar surface area (TPSA) is 38.0 Å². The lowest BCUT2D eigenvalue weighted by Crippen LogP contribution is -2.24. The zero-order valence-electron chi connectivity index (χ0n) is 10.7. The van der Waals surface area contributed by atoms with E-state index in [0.717, 1.165) is 31.3 Å². The molecule has 0 saturated heterocycles. The van der Waals surface area contributed by atoms with Crippen molar-refractivity contribution in [2.45, 2.75) is 38.1 Å². The number of hydrogen-bond acceptors (Lipinski definition) is 2. The molecule has 1 saturated carbocycles. The molecule has 0 spiro atoms. The molecule has 0 aliphatic heterocycles. The third-order valence-electron chi connectivity index (χ3n) is 3.65. The average molecular weight is 232 g/mol. The fourth-order valence-electron chi connectivity index (χ4n) is 2.41. The van der Waals surface area contributed by atoms with Crippen molar-refractivity contribution in [1.29, 1.82) is 0 Å². The third-order valence-corrected chi connectivity index (χ3v) is 3.65. The van der Waals surface area contributed by atoms with Crippen LogP contribution in [0.2, 0.25) is 0 Å². The fraction of sp³-hybridized carbons (Fsp3) is 0.600. The summed E-state index contributed by atoms with van der Waals surface area (Å²) in [4.78, 5) is 0. The predicted molar refractivity (Wildman–Crippen MR) is 73.0 cm³/mol. The summed E-state index contributed by atoms with van der Waals surface area (Å²) in [6.07, 6.45) is 3.69. The third kappa shape index (κ3) is 3.83. The lowest BCUT2D eigenvalue weighted by molar-refractivity contribution is 0.466. The maximum atomic E-state index is 5.52. The van der Waals surface area contributed by atoms with Gasteiger partial charge in [-0.1, -0.05) is 37.3 Å². The molecule has 2 nitrogen and oxygen atoms in total. The molecule has 1 aliphatic carbocycles. The molecule has 0 bridgehead atoms. The maximum absolute atomic E-state index is 5.52. The van der Waals surface area contributed by atoms with Gasteiger partial charge in [-0.3, -0.25) is 0 Å². The zero-order chi connectivity index (χ0) is 12.1. The van der Waals surface area contributed by atoms with Crippen LogP contribution in [0.4, 0.5) is 0 Å². The van der Waals surface area contributed by atoms with Crippen LogP contribution in [0.1, 0.15) is 37.7 Å². The molecule has 3 N–H and O–H groups in total. The van der Waals surface area contributed by atoms with Crippen molar-refractivity contribution in [3.05, 3.63) is 35.9 Å². The summed E-state index contributed by atoms with van der Waals surface area (Å²) in [6, 6.07) is 11.5. The molecular formula is C15H24N2. The first kappa shape index (κ1) is 12.6. The van der Waals surface area contributed by atoms with E-state index in [1.165, 1.54) is 18.4 Å². The predicted octanol–water partition coefficient (Wildman–Crippen LogP) is 2.51. The Morgan fingerprint density at radius 1 is 1.35 bits per heavy atom. The minimum atomic E-state index is 0.706. The number of nitrogens with one attached hydrogen (secondary N) is 1. The van der Waals surface area contributed by atoms with Gasteiger partial charge in [0.1, 0.15) is 0 Å². The van der Waals surface area contributed by atoms with Gasteiger partial charge in [-0.2, -0.15) is 0 Å². The standard InChI is InChI=1S/C15H24N2/c1-12(6-5-9-16)11-17-15-10-14(15)13-7-3-2-4-8-13/h2-4,7-8,12,14-15,17H,5-6,9-11,16H2,1H3. The van der Waals surface area contributed by atoms with Crippen molar-refractivity contribution >= 4 is 0 Å². The SMILES string of the molecule is CC(CCCN)CNC1CC1c1ccccc1.